The third-order valence-corrected chi connectivity index (χ3v) is 3.73. The van der Waals surface area contributed by atoms with Gasteiger partial charge in [0.15, 0.2) is 0 Å². The molecule has 3 aromatic rings. The summed E-state index contributed by atoms with van der Waals surface area (Å²) >= 11 is 0. The van der Waals surface area contributed by atoms with Crippen molar-refractivity contribution in [1.29, 1.82) is 0 Å². The molecule has 21 heavy (non-hydrogen) atoms. The van der Waals surface area contributed by atoms with Gasteiger partial charge in [0.2, 0.25) is 0 Å². The van der Waals surface area contributed by atoms with Gasteiger partial charge in [-0.25, -0.2) is 0 Å². The van der Waals surface area contributed by atoms with Crippen LogP contribution >= 0.6 is 0 Å². The van der Waals surface area contributed by atoms with Crippen LogP contribution in [0.15, 0.2) is 54.6 Å². The molecule has 0 saturated heterocycles. The molecule has 0 saturated carbocycles. The molecule has 0 spiro atoms. The van der Waals surface area contributed by atoms with E-state index >= 15 is 0 Å². The van der Waals surface area contributed by atoms with Gasteiger partial charge in [-0.2, -0.15) is 5.10 Å². The van der Waals surface area contributed by atoms with E-state index in [-0.39, 0.29) is 12.6 Å². The molecule has 3 rings (SSSR count). The van der Waals surface area contributed by atoms with Crippen molar-refractivity contribution >= 4 is 10.9 Å². The summed E-state index contributed by atoms with van der Waals surface area (Å²) in [6.07, 6.45) is 0. The first kappa shape index (κ1) is 13.8. The Labute approximate surface area is 124 Å². The third-order valence-electron chi connectivity index (χ3n) is 3.73. The molecule has 1 heterocycles. The molecule has 1 unspecified atom stereocenters. The topological polar surface area (TPSA) is 50.1 Å². The average molecular weight is 281 g/mol. The number of rotatable bonds is 5. The number of aromatic nitrogens is 2. The van der Waals surface area contributed by atoms with E-state index in [9.17, 15) is 5.11 Å². The van der Waals surface area contributed by atoms with Crippen LogP contribution in [-0.4, -0.2) is 21.5 Å². The number of hydrogen-bond acceptors (Lipinski definition) is 3. The summed E-state index contributed by atoms with van der Waals surface area (Å²) in [4.78, 5) is 0. The molecule has 0 aliphatic carbocycles. The van der Waals surface area contributed by atoms with Crippen LogP contribution in [-0.2, 0) is 13.6 Å². The number of aryl methyl sites for hydroxylation is 1. The number of nitrogens with one attached hydrogen (secondary N) is 1. The van der Waals surface area contributed by atoms with E-state index in [1.807, 2.05) is 54.2 Å². The summed E-state index contributed by atoms with van der Waals surface area (Å²) in [6.45, 7) is 0.691. The first-order valence-corrected chi connectivity index (χ1v) is 7.09. The number of benzene rings is 2. The Morgan fingerprint density at radius 1 is 1.10 bits per heavy atom. The normalized spacial score (nSPS) is 12.7. The van der Waals surface area contributed by atoms with Crippen LogP contribution in [0, 0.1) is 0 Å². The van der Waals surface area contributed by atoms with E-state index in [1.54, 1.807) is 0 Å². The van der Waals surface area contributed by atoms with E-state index in [0.29, 0.717) is 6.54 Å². The Morgan fingerprint density at radius 3 is 2.57 bits per heavy atom. The fourth-order valence-electron chi connectivity index (χ4n) is 2.61. The number of aliphatic hydroxyl groups is 1. The zero-order valence-electron chi connectivity index (χ0n) is 12.0. The highest BCUT2D eigenvalue weighted by Crippen LogP contribution is 2.19. The van der Waals surface area contributed by atoms with Crippen molar-refractivity contribution in [3.8, 4) is 0 Å². The Bertz CT molecular complexity index is 721. The molecule has 108 valence electrons. The average Bonchev–Trinajstić information content (AvgIpc) is 2.86. The van der Waals surface area contributed by atoms with Gasteiger partial charge in [0.25, 0.3) is 0 Å². The Kier molecular flexibility index (Phi) is 3.99. The number of para-hydroxylation sites is 1. The van der Waals surface area contributed by atoms with Crippen LogP contribution in [0.4, 0.5) is 0 Å². The summed E-state index contributed by atoms with van der Waals surface area (Å²) < 4.78 is 1.89. The van der Waals surface area contributed by atoms with Crippen molar-refractivity contribution < 1.29 is 5.11 Å². The smallest absolute Gasteiger partial charge is 0.0841 e. The van der Waals surface area contributed by atoms with E-state index in [2.05, 4.69) is 22.5 Å². The lowest BCUT2D eigenvalue weighted by atomic mass is 10.1. The van der Waals surface area contributed by atoms with Gasteiger partial charge >= 0.3 is 0 Å². The van der Waals surface area contributed by atoms with Gasteiger partial charge in [-0.05, 0) is 11.6 Å². The van der Waals surface area contributed by atoms with Crippen LogP contribution in [0.2, 0.25) is 0 Å². The number of aliphatic hydroxyl groups excluding tert-OH is 1. The molecule has 0 amide bonds. The maximum atomic E-state index is 9.59. The number of fused-ring (bicyclic) bond motifs is 1. The molecule has 0 aliphatic rings. The van der Waals surface area contributed by atoms with Crippen LogP contribution in [0.1, 0.15) is 17.3 Å². The monoisotopic (exact) mass is 281 g/mol. The molecule has 2 aromatic carbocycles. The van der Waals surface area contributed by atoms with E-state index < -0.39 is 0 Å². The highest BCUT2D eigenvalue weighted by Gasteiger charge is 2.12. The fourth-order valence-corrected chi connectivity index (χ4v) is 2.61. The summed E-state index contributed by atoms with van der Waals surface area (Å²) in [5.74, 6) is 0. The zero-order chi connectivity index (χ0) is 14.7. The molecule has 4 nitrogen and oxygen atoms in total. The largest absolute Gasteiger partial charge is 0.394 e. The number of hydrogen-bond donors (Lipinski definition) is 2. The predicted molar refractivity (Wildman–Crippen MR) is 83.8 cm³/mol. The van der Waals surface area contributed by atoms with Crippen molar-refractivity contribution in [2.75, 3.05) is 6.61 Å². The van der Waals surface area contributed by atoms with E-state index in [0.717, 1.165) is 22.2 Å². The third kappa shape index (κ3) is 2.82. The molecule has 0 fully saturated rings. The van der Waals surface area contributed by atoms with Crippen molar-refractivity contribution in [2.45, 2.75) is 12.6 Å². The molecule has 4 heteroatoms. The minimum atomic E-state index is -0.0769. The lowest BCUT2D eigenvalue weighted by Crippen LogP contribution is -2.24. The van der Waals surface area contributed by atoms with Gasteiger partial charge in [-0.15, -0.1) is 0 Å². The quantitative estimate of drug-likeness (QED) is 0.755. The minimum Gasteiger partial charge on any atom is -0.394 e. The molecule has 0 radical (unpaired) electrons. The molecular weight excluding hydrogens is 262 g/mol. The maximum Gasteiger partial charge on any atom is 0.0841 e. The highest BCUT2D eigenvalue weighted by atomic mass is 16.3. The van der Waals surface area contributed by atoms with Crippen LogP contribution in [0.25, 0.3) is 10.9 Å². The van der Waals surface area contributed by atoms with Gasteiger partial charge in [-0.1, -0.05) is 48.5 Å². The fraction of sp³-hybridized carbons (Fsp3) is 0.235. The SMILES string of the molecule is Cn1nc(CNC(CO)c2ccccc2)c2ccccc21. The van der Waals surface area contributed by atoms with Crippen molar-refractivity contribution in [1.82, 2.24) is 15.1 Å². The second kappa shape index (κ2) is 6.08. The van der Waals surface area contributed by atoms with E-state index in [1.165, 1.54) is 0 Å². The van der Waals surface area contributed by atoms with Crippen molar-refractivity contribution in [2.24, 2.45) is 7.05 Å². The first-order valence-electron chi connectivity index (χ1n) is 7.09. The summed E-state index contributed by atoms with van der Waals surface area (Å²) in [5, 5.41) is 18.7. The van der Waals surface area contributed by atoms with Gasteiger partial charge in [0.05, 0.1) is 23.9 Å². The van der Waals surface area contributed by atoms with E-state index in [4.69, 9.17) is 0 Å². The van der Waals surface area contributed by atoms with Crippen LogP contribution in [0.3, 0.4) is 0 Å². The molecule has 0 aliphatic heterocycles. The van der Waals surface area contributed by atoms with Crippen molar-refractivity contribution in [3.63, 3.8) is 0 Å². The second-order valence-corrected chi connectivity index (χ2v) is 5.11. The van der Waals surface area contributed by atoms with Gasteiger partial charge in [-0.3, -0.25) is 4.68 Å². The zero-order valence-corrected chi connectivity index (χ0v) is 12.0. The summed E-state index contributed by atoms with van der Waals surface area (Å²) in [7, 11) is 1.95. The van der Waals surface area contributed by atoms with Gasteiger partial charge in [0.1, 0.15) is 0 Å². The Morgan fingerprint density at radius 2 is 1.81 bits per heavy atom. The lowest BCUT2D eigenvalue weighted by molar-refractivity contribution is 0.243. The first-order chi connectivity index (χ1) is 10.3. The molecule has 1 aromatic heterocycles. The number of nitrogens with zero attached hydrogens (tertiary/aromatic N) is 2. The summed E-state index contributed by atoms with van der Waals surface area (Å²) in [5.41, 5.74) is 3.21. The highest BCUT2D eigenvalue weighted by molar-refractivity contribution is 5.81. The van der Waals surface area contributed by atoms with Crippen molar-refractivity contribution in [3.05, 3.63) is 65.9 Å². The molecular formula is C17H19N3O. The minimum absolute atomic E-state index is 0.0643. The molecule has 1 atom stereocenters. The Hall–Kier alpha value is -2.17. The Balaban J connectivity index is 1.80. The molecule has 2 N–H and O–H groups in total. The second-order valence-electron chi connectivity index (χ2n) is 5.11. The van der Waals surface area contributed by atoms with Crippen LogP contribution in [0.5, 0.6) is 0 Å². The van der Waals surface area contributed by atoms with Gasteiger partial charge in [0, 0.05) is 19.0 Å². The molecule has 0 bridgehead atoms. The summed E-state index contributed by atoms with van der Waals surface area (Å²) in [6, 6.07) is 18.1. The van der Waals surface area contributed by atoms with Gasteiger partial charge < -0.3 is 10.4 Å². The standard InChI is InChI=1S/C17H19N3O/c1-20-17-10-6-5-9-14(17)15(19-20)11-18-16(12-21)13-7-3-2-4-8-13/h2-10,16,18,21H,11-12H2,1H3. The lowest BCUT2D eigenvalue weighted by Gasteiger charge is -2.16. The van der Waals surface area contributed by atoms with Crippen LogP contribution < -0.4 is 5.32 Å². The maximum absolute atomic E-state index is 9.59. The predicted octanol–water partition coefficient (Wildman–Crippen LogP) is 2.40.